The zero-order valence-corrected chi connectivity index (χ0v) is 10.4. The molecular formula is C13H17ClFNO. The molecule has 1 aromatic rings. The maximum Gasteiger partial charge on any atom is 0.142 e. The van der Waals surface area contributed by atoms with Crippen LogP contribution < -0.4 is 5.73 Å². The molecule has 0 aliphatic heterocycles. The molecule has 2 atom stereocenters. The van der Waals surface area contributed by atoms with Crippen LogP contribution in [0.2, 0.25) is 5.02 Å². The fourth-order valence-corrected chi connectivity index (χ4v) is 2.37. The van der Waals surface area contributed by atoms with E-state index in [0.29, 0.717) is 12.2 Å². The highest BCUT2D eigenvalue weighted by molar-refractivity contribution is 6.31. The summed E-state index contributed by atoms with van der Waals surface area (Å²) in [6, 6.07) is 4.86. The van der Waals surface area contributed by atoms with E-state index in [4.69, 9.17) is 22.1 Å². The number of nitrogens with two attached hydrogens (primary N) is 1. The number of rotatable bonds is 3. The smallest absolute Gasteiger partial charge is 0.142 e. The first-order valence-corrected chi connectivity index (χ1v) is 6.36. The summed E-state index contributed by atoms with van der Waals surface area (Å²) in [6.07, 6.45) is 4.37. The van der Waals surface area contributed by atoms with Gasteiger partial charge in [0.2, 0.25) is 0 Å². The lowest BCUT2D eigenvalue weighted by Gasteiger charge is -2.28. The normalized spacial score (nSPS) is 24.9. The van der Waals surface area contributed by atoms with E-state index in [-0.39, 0.29) is 17.2 Å². The second-order valence-electron chi connectivity index (χ2n) is 4.51. The molecule has 0 bridgehead atoms. The zero-order chi connectivity index (χ0) is 12.3. The third kappa shape index (κ3) is 3.18. The van der Waals surface area contributed by atoms with Crippen molar-refractivity contribution in [3.8, 4) is 0 Å². The molecule has 1 fully saturated rings. The first kappa shape index (κ1) is 12.8. The Labute approximate surface area is 106 Å². The van der Waals surface area contributed by atoms with Gasteiger partial charge in [0.25, 0.3) is 0 Å². The number of benzene rings is 1. The van der Waals surface area contributed by atoms with Crippen LogP contribution in [0.4, 0.5) is 4.39 Å². The van der Waals surface area contributed by atoms with Crippen molar-refractivity contribution >= 4 is 11.6 Å². The van der Waals surface area contributed by atoms with E-state index >= 15 is 0 Å². The molecule has 17 heavy (non-hydrogen) atoms. The van der Waals surface area contributed by atoms with Crippen molar-refractivity contribution in [1.29, 1.82) is 0 Å². The van der Waals surface area contributed by atoms with Gasteiger partial charge in [0.05, 0.1) is 17.7 Å². The molecule has 4 heteroatoms. The van der Waals surface area contributed by atoms with Crippen LogP contribution in [0.15, 0.2) is 18.2 Å². The Morgan fingerprint density at radius 1 is 1.35 bits per heavy atom. The molecule has 0 radical (unpaired) electrons. The predicted molar refractivity (Wildman–Crippen MR) is 66.4 cm³/mol. The van der Waals surface area contributed by atoms with E-state index in [9.17, 15) is 4.39 Å². The summed E-state index contributed by atoms with van der Waals surface area (Å²) in [7, 11) is 0. The summed E-state index contributed by atoms with van der Waals surface area (Å²) in [5, 5.41) is 0.150. The fraction of sp³-hybridized carbons (Fsp3) is 0.538. The number of ether oxygens (including phenoxy) is 1. The van der Waals surface area contributed by atoms with Gasteiger partial charge in [-0.15, -0.1) is 0 Å². The SMILES string of the molecule is NC1CCCCC1OCc1cccc(F)c1Cl. The first-order chi connectivity index (χ1) is 8.18. The molecule has 94 valence electrons. The average molecular weight is 258 g/mol. The lowest BCUT2D eigenvalue weighted by Crippen LogP contribution is -2.39. The van der Waals surface area contributed by atoms with Crippen LogP contribution >= 0.6 is 11.6 Å². The largest absolute Gasteiger partial charge is 0.372 e. The molecule has 1 saturated carbocycles. The lowest BCUT2D eigenvalue weighted by atomic mass is 9.93. The Hall–Kier alpha value is -0.640. The van der Waals surface area contributed by atoms with E-state index < -0.39 is 5.82 Å². The summed E-state index contributed by atoms with van der Waals surface area (Å²) >= 11 is 5.86. The third-order valence-corrected chi connectivity index (χ3v) is 3.66. The minimum Gasteiger partial charge on any atom is -0.372 e. The Kier molecular flexibility index (Phi) is 4.37. The van der Waals surface area contributed by atoms with Gasteiger partial charge in [-0.25, -0.2) is 4.39 Å². The van der Waals surface area contributed by atoms with Crippen LogP contribution in [0.3, 0.4) is 0 Å². The Balaban J connectivity index is 1.95. The summed E-state index contributed by atoms with van der Waals surface area (Å²) < 4.78 is 19.0. The van der Waals surface area contributed by atoms with Gasteiger partial charge >= 0.3 is 0 Å². The van der Waals surface area contributed by atoms with Crippen LogP contribution in [0.5, 0.6) is 0 Å². The molecule has 1 aliphatic rings. The molecular weight excluding hydrogens is 241 g/mol. The van der Waals surface area contributed by atoms with E-state index in [0.717, 1.165) is 19.3 Å². The molecule has 0 aromatic heterocycles. The second-order valence-corrected chi connectivity index (χ2v) is 4.89. The number of hydrogen-bond acceptors (Lipinski definition) is 2. The molecule has 1 aliphatic carbocycles. The highest BCUT2D eigenvalue weighted by Gasteiger charge is 2.22. The van der Waals surface area contributed by atoms with Crippen molar-refractivity contribution in [2.24, 2.45) is 5.73 Å². The summed E-state index contributed by atoms with van der Waals surface area (Å²) in [4.78, 5) is 0. The fourth-order valence-electron chi connectivity index (χ4n) is 2.19. The summed E-state index contributed by atoms with van der Waals surface area (Å²) in [5.41, 5.74) is 6.66. The van der Waals surface area contributed by atoms with Crippen molar-refractivity contribution in [1.82, 2.24) is 0 Å². The quantitative estimate of drug-likeness (QED) is 0.902. The molecule has 0 spiro atoms. The van der Waals surface area contributed by atoms with E-state index in [2.05, 4.69) is 0 Å². The van der Waals surface area contributed by atoms with Crippen LogP contribution in [0, 0.1) is 5.82 Å². The third-order valence-electron chi connectivity index (χ3n) is 3.24. The van der Waals surface area contributed by atoms with Crippen LogP contribution in [0.25, 0.3) is 0 Å². The van der Waals surface area contributed by atoms with Gasteiger partial charge in [-0.2, -0.15) is 0 Å². The van der Waals surface area contributed by atoms with Gasteiger partial charge in [0.15, 0.2) is 0 Å². The summed E-state index contributed by atoms with van der Waals surface area (Å²) in [5.74, 6) is -0.402. The first-order valence-electron chi connectivity index (χ1n) is 5.98. The number of hydrogen-bond donors (Lipinski definition) is 1. The Morgan fingerprint density at radius 3 is 2.88 bits per heavy atom. The average Bonchev–Trinajstić information content (AvgIpc) is 2.33. The molecule has 1 aromatic carbocycles. The Bertz CT molecular complexity index is 386. The maximum absolute atomic E-state index is 13.2. The van der Waals surface area contributed by atoms with Crippen molar-refractivity contribution in [3.63, 3.8) is 0 Å². The van der Waals surface area contributed by atoms with E-state index in [1.807, 2.05) is 0 Å². The zero-order valence-electron chi connectivity index (χ0n) is 9.66. The van der Waals surface area contributed by atoms with Crippen molar-refractivity contribution in [2.45, 2.75) is 44.4 Å². The van der Waals surface area contributed by atoms with Crippen molar-refractivity contribution in [3.05, 3.63) is 34.6 Å². The van der Waals surface area contributed by atoms with Gasteiger partial charge in [-0.3, -0.25) is 0 Å². The van der Waals surface area contributed by atoms with Gasteiger partial charge in [-0.1, -0.05) is 36.6 Å². The van der Waals surface area contributed by atoms with Gasteiger partial charge in [0.1, 0.15) is 5.82 Å². The minimum absolute atomic E-state index is 0.0723. The molecule has 0 saturated heterocycles. The lowest BCUT2D eigenvalue weighted by molar-refractivity contribution is 0.00399. The van der Waals surface area contributed by atoms with Crippen LogP contribution in [0.1, 0.15) is 31.2 Å². The predicted octanol–water partition coefficient (Wildman–Crippen LogP) is 3.27. The van der Waals surface area contributed by atoms with Crippen molar-refractivity contribution in [2.75, 3.05) is 0 Å². The molecule has 2 rings (SSSR count). The molecule has 0 amide bonds. The van der Waals surface area contributed by atoms with Crippen LogP contribution in [-0.4, -0.2) is 12.1 Å². The van der Waals surface area contributed by atoms with Gasteiger partial charge in [-0.05, 0) is 24.5 Å². The topological polar surface area (TPSA) is 35.2 Å². The van der Waals surface area contributed by atoms with Crippen LogP contribution in [-0.2, 0) is 11.3 Å². The van der Waals surface area contributed by atoms with E-state index in [1.54, 1.807) is 12.1 Å². The minimum atomic E-state index is -0.402. The molecule has 0 heterocycles. The molecule has 2 N–H and O–H groups in total. The standard InChI is InChI=1S/C13H17ClFNO/c14-13-9(4-3-5-10(13)15)8-17-12-7-2-1-6-11(12)16/h3-5,11-12H,1-2,6-8,16H2. The van der Waals surface area contributed by atoms with Crippen molar-refractivity contribution < 1.29 is 9.13 Å². The summed E-state index contributed by atoms with van der Waals surface area (Å²) in [6.45, 7) is 0.328. The highest BCUT2D eigenvalue weighted by Crippen LogP contribution is 2.24. The van der Waals surface area contributed by atoms with Gasteiger partial charge < -0.3 is 10.5 Å². The maximum atomic E-state index is 13.2. The molecule has 2 nitrogen and oxygen atoms in total. The monoisotopic (exact) mass is 257 g/mol. The van der Waals surface area contributed by atoms with E-state index in [1.165, 1.54) is 12.5 Å². The highest BCUT2D eigenvalue weighted by atomic mass is 35.5. The van der Waals surface area contributed by atoms with Gasteiger partial charge in [0, 0.05) is 6.04 Å². The Morgan fingerprint density at radius 2 is 2.12 bits per heavy atom. The molecule has 2 unspecified atom stereocenters. The second kappa shape index (κ2) is 5.80. The number of halogens is 2.